The van der Waals surface area contributed by atoms with E-state index in [2.05, 4.69) is 15.6 Å². The average Bonchev–Trinajstić information content (AvgIpc) is 2.79. The lowest BCUT2D eigenvalue weighted by Gasteiger charge is -2.29. The second-order valence-electron chi connectivity index (χ2n) is 6.84. The van der Waals surface area contributed by atoms with Crippen LogP contribution < -0.4 is 29.7 Å². The minimum atomic E-state index is -0.0332. The molecule has 0 unspecified atom stereocenters. The Labute approximate surface area is 183 Å². The maximum Gasteiger partial charge on any atom is 0.265 e. The van der Waals surface area contributed by atoms with Gasteiger partial charge in [0, 0.05) is 31.4 Å². The Balaban J connectivity index is 1.61. The number of anilines is 2. The van der Waals surface area contributed by atoms with Gasteiger partial charge in [-0.1, -0.05) is 12.1 Å². The van der Waals surface area contributed by atoms with E-state index in [9.17, 15) is 4.79 Å². The average molecular weight is 427 g/mol. The van der Waals surface area contributed by atoms with Gasteiger partial charge in [-0.25, -0.2) is 0 Å². The van der Waals surface area contributed by atoms with E-state index in [0.717, 1.165) is 30.1 Å². The fraction of sp³-hybridized carbons (Fsp3) is 0.391. The van der Waals surface area contributed by atoms with E-state index in [1.807, 2.05) is 56.3 Å². The quantitative estimate of drug-likeness (QED) is 0.364. The number of methoxy groups -OCH3 is 1. The molecule has 0 aliphatic carbocycles. The molecule has 1 aliphatic rings. The van der Waals surface area contributed by atoms with E-state index in [4.69, 9.17) is 14.2 Å². The number of nitrogens with zero attached hydrogens (tertiary/aromatic N) is 2. The number of hydrogen-bond acceptors (Lipinski definition) is 5. The van der Waals surface area contributed by atoms with Crippen LogP contribution in [0.2, 0.25) is 0 Å². The Bertz CT molecular complexity index is 916. The molecule has 8 heteroatoms. The molecule has 2 aromatic carbocycles. The van der Waals surface area contributed by atoms with Gasteiger partial charge >= 0.3 is 0 Å². The number of benzene rings is 2. The summed E-state index contributed by atoms with van der Waals surface area (Å²) >= 11 is 0. The predicted octanol–water partition coefficient (Wildman–Crippen LogP) is 3.29. The number of ether oxygens (including phenoxy) is 3. The van der Waals surface area contributed by atoms with Gasteiger partial charge in [0.1, 0.15) is 5.75 Å². The van der Waals surface area contributed by atoms with Crippen LogP contribution in [0.3, 0.4) is 0 Å². The Morgan fingerprint density at radius 3 is 2.81 bits per heavy atom. The lowest BCUT2D eigenvalue weighted by Crippen LogP contribution is -2.39. The SMILES string of the molecule is CCNC(=NCCCN1C(=O)COc2ccccc21)Nc1ccc(OCC)c(OC)c1. The summed E-state index contributed by atoms with van der Waals surface area (Å²) in [5, 5.41) is 6.53. The monoisotopic (exact) mass is 426 g/mol. The van der Waals surface area contributed by atoms with E-state index in [1.54, 1.807) is 12.0 Å². The summed E-state index contributed by atoms with van der Waals surface area (Å²) in [7, 11) is 1.62. The van der Waals surface area contributed by atoms with Gasteiger partial charge < -0.3 is 29.7 Å². The molecule has 0 saturated carbocycles. The molecule has 8 nitrogen and oxygen atoms in total. The molecule has 0 aromatic heterocycles. The van der Waals surface area contributed by atoms with Gasteiger partial charge in [-0.3, -0.25) is 9.79 Å². The van der Waals surface area contributed by atoms with E-state index in [1.165, 1.54) is 0 Å². The molecule has 0 atom stereocenters. The van der Waals surface area contributed by atoms with Gasteiger partial charge in [-0.05, 0) is 44.5 Å². The number of carbonyl (C=O) groups is 1. The molecular weight excluding hydrogens is 396 g/mol. The van der Waals surface area contributed by atoms with Crippen molar-refractivity contribution in [1.29, 1.82) is 0 Å². The number of rotatable bonds is 9. The standard InChI is InChI=1S/C23H30N4O4/c1-4-24-23(26-17-11-12-20(30-5-2)21(15-17)29-3)25-13-8-14-27-18-9-6-7-10-19(18)31-16-22(27)28/h6-7,9-12,15H,4-5,8,13-14,16H2,1-3H3,(H2,24,25,26). The van der Waals surface area contributed by atoms with Gasteiger partial charge in [0.2, 0.25) is 0 Å². The van der Waals surface area contributed by atoms with Crippen molar-refractivity contribution in [2.75, 3.05) is 50.2 Å². The van der Waals surface area contributed by atoms with Crippen LogP contribution in [0.5, 0.6) is 17.2 Å². The summed E-state index contributed by atoms with van der Waals surface area (Å²) in [4.78, 5) is 18.7. The smallest absolute Gasteiger partial charge is 0.265 e. The molecular formula is C23H30N4O4. The topological polar surface area (TPSA) is 84.4 Å². The highest BCUT2D eigenvalue weighted by Gasteiger charge is 2.24. The largest absolute Gasteiger partial charge is 0.493 e. The summed E-state index contributed by atoms with van der Waals surface area (Å²) in [5.41, 5.74) is 1.66. The first-order valence-corrected chi connectivity index (χ1v) is 10.5. The fourth-order valence-electron chi connectivity index (χ4n) is 3.28. The number of nitrogens with one attached hydrogen (secondary N) is 2. The van der Waals surface area contributed by atoms with Gasteiger partial charge in [-0.15, -0.1) is 0 Å². The maximum absolute atomic E-state index is 12.3. The Kier molecular flexibility index (Phi) is 7.98. The van der Waals surface area contributed by atoms with Crippen molar-refractivity contribution in [2.45, 2.75) is 20.3 Å². The molecule has 3 rings (SSSR count). The van der Waals surface area contributed by atoms with Crippen LogP contribution in [-0.2, 0) is 4.79 Å². The first-order chi connectivity index (χ1) is 15.2. The second kappa shape index (κ2) is 11.1. The highest BCUT2D eigenvalue weighted by molar-refractivity contribution is 5.97. The zero-order valence-electron chi connectivity index (χ0n) is 18.3. The molecule has 0 spiro atoms. The van der Waals surface area contributed by atoms with Gasteiger partial charge in [0.05, 0.1) is 19.4 Å². The molecule has 0 radical (unpaired) electrons. The van der Waals surface area contributed by atoms with Crippen molar-refractivity contribution in [2.24, 2.45) is 4.99 Å². The summed E-state index contributed by atoms with van der Waals surface area (Å²) in [5.74, 6) is 2.74. The summed E-state index contributed by atoms with van der Waals surface area (Å²) in [6.07, 6.45) is 0.725. The normalized spacial score (nSPS) is 13.3. The van der Waals surface area contributed by atoms with Crippen LogP contribution >= 0.6 is 0 Å². The van der Waals surface area contributed by atoms with Gasteiger partial charge in [0.15, 0.2) is 24.1 Å². The number of para-hydroxylation sites is 2. The van der Waals surface area contributed by atoms with E-state index >= 15 is 0 Å². The predicted molar refractivity (Wildman–Crippen MR) is 123 cm³/mol. The number of guanidine groups is 1. The van der Waals surface area contributed by atoms with Crippen LogP contribution in [0.1, 0.15) is 20.3 Å². The van der Waals surface area contributed by atoms with Crippen molar-refractivity contribution in [3.8, 4) is 17.2 Å². The zero-order chi connectivity index (χ0) is 22.1. The molecule has 1 heterocycles. The van der Waals surface area contributed by atoms with E-state index < -0.39 is 0 Å². The number of hydrogen-bond donors (Lipinski definition) is 2. The molecule has 1 amide bonds. The van der Waals surface area contributed by atoms with Crippen LogP contribution in [0.25, 0.3) is 0 Å². The molecule has 0 saturated heterocycles. The van der Waals surface area contributed by atoms with Crippen LogP contribution in [-0.4, -0.2) is 51.8 Å². The third-order valence-electron chi connectivity index (χ3n) is 4.69. The van der Waals surface area contributed by atoms with Gasteiger partial charge in [0.25, 0.3) is 5.91 Å². The fourth-order valence-corrected chi connectivity index (χ4v) is 3.28. The van der Waals surface area contributed by atoms with Crippen LogP contribution in [0.15, 0.2) is 47.5 Å². The van der Waals surface area contributed by atoms with E-state index in [-0.39, 0.29) is 12.5 Å². The van der Waals surface area contributed by atoms with Crippen molar-refractivity contribution >= 4 is 23.2 Å². The molecule has 0 fully saturated rings. The summed E-state index contributed by atoms with van der Waals surface area (Å²) in [6, 6.07) is 13.3. The molecule has 2 N–H and O–H groups in total. The zero-order valence-corrected chi connectivity index (χ0v) is 18.3. The minimum Gasteiger partial charge on any atom is -0.493 e. The van der Waals surface area contributed by atoms with E-state index in [0.29, 0.717) is 37.2 Å². The highest BCUT2D eigenvalue weighted by atomic mass is 16.5. The molecule has 166 valence electrons. The second-order valence-corrected chi connectivity index (χ2v) is 6.84. The Morgan fingerprint density at radius 2 is 2.03 bits per heavy atom. The highest BCUT2D eigenvalue weighted by Crippen LogP contribution is 2.32. The number of aliphatic imine (C=N–C) groups is 1. The van der Waals surface area contributed by atoms with Crippen molar-refractivity contribution in [1.82, 2.24) is 5.32 Å². The lowest BCUT2D eigenvalue weighted by atomic mass is 10.2. The molecule has 1 aliphatic heterocycles. The molecule has 31 heavy (non-hydrogen) atoms. The summed E-state index contributed by atoms with van der Waals surface area (Å²) in [6.45, 7) is 6.47. The lowest BCUT2D eigenvalue weighted by molar-refractivity contribution is -0.121. The van der Waals surface area contributed by atoms with Crippen molar-refractivity contribution < 1.29 is 19.0 Å². The van der Waals surface area contributed by atoms with Gasteiger partial charge in [-0.2, -0.15) is 0 Å². The first kappa shape index (κ1) is 22.3. The minimum absolute atomic E-state index is 0.0332. The maximum atomic E-state index is 12.3. The third kappa shape index (κ3) is 5.81. The molecule has 2 aromatic rings. The number of carbonyl (C=O) groups excluding carboxylic acids is 1. The van der Waals surface area contributed by atoms with Crippen molar-refractivity contribution in [3.05, 3.63) is 42.5 Å². The number of fused-ring (bicyclic) bond motifs is 1. The van der Waals surface area contributed by atoms with Crippen LogP contribution in [0, 0.1) is 0 Å². The Morgan fingerprint density at radius 1 is 1.19 bits per heavy atom. The van der Waals surface area contributed by atoms with Crippen LogP contribution in [0.4, 0.5) is 11.4 Å². The summed E-state index contributed by atoms with van der Waals surface area (Å²) < 4.78 is 16.5. The first-order valence-electron chi connectivity index (χ1n) is 10.5. The third-order valence-corrected chi connectivity index (χ3v) is 4.69. The van der Waals surface area contributed by atoms with Crippen molar-refractivity contribution in [3.63, 3.8) is 0 Å². The molecule has 0 bridgehead atoms. The Hall–Kier alpha value is -3.42. The number of amides is 1.